The van der Waals surface area contributed by atoms with Crippen LogP contribution in [0.5, 0.6) is 0 Å². The Bertz CT molecular complexity index is 1010. The first kappa shape index (κ1) is 16.4. The Morgan fingerprint density at radius 1 is 1.00 bits per heavy atom. The molecule has 1 aliphatic rings. The highest BCUT2D eigenvalue weighted by Crippen LogP contribution is 2.31. The number of amides is 1. The highest BCUT2D eigenvalue weighted by atomic mass is 19.1. The monoisotopic (exact) mass is 354 g/mol. The molecule has 7 heteroatoms. The average Bonchev–Trinajstić information content (AvgIpc) is 2.78. The predicted octanol–water partition coefficient (Wildman–Crippen LogP) is 3.39. The molecule has 2 heterocycles. The molecule has 4 rings (SSSR count). The van der Waals surface area contributed by atoms with Crippen molar-refractivity contribution in [3.63, 3.8) is 0 Å². The highest BCUT2D eigenvalue weighted by molar-refractivity contribution is 6.07. The lowest BCUT2D eigenvalue weighted by atomic mass is 10.1. The highest BCUT2D eigenvalue weighted by Gasteiger charge is 2.29. The minimum absolute atomic E-state index is 0.183. The summed E-state index contributed by atoms with van der Waals surface area (Å²) in [6, 6.07) is 10.3. The van der Waals surface area contributed by atoms with Crippen molar-refractivity contribution >= 4 is 28.6 Å². The molecule has 5 nitrogen and oxygen atoms in total. The second-order valence-electron chi connectivity index (χ2n) is 6.22. The number of carbonyl (C=O) groups excluding carboxylic acids is 1. The smallest absolute Gasteiger partial charge is 0.262 e. The van der Waals surface area contributed by atoms with E-state index in [0.717, 1.165) is 17.6 Å². The minimum atomic E-state index is -0.886. The Hall–Kier alpha value is -3.09. The fourth-order valence-corrected chi connectivity index (χ4v) is 3.10. The van der Waals surface area contributed by atoms with Crippen molar-refractivity contribution in [2.75, 3.05) is 29.9 Å². The van der Waals surface area contributed by atoms with Crippen molar-refractivity contribution in [1.82, 2.24) is 9.97 Å². The van der Waals surface area contributed by atoms with Gasteiger partial charge in [-0.1, -0.05) is 12.1 Å². The number of para-hydroxylation sites is 2. The Labute approximate surface area is 148 Å². The fourth-order valence-electron chi connectivity index (χ4n) is 3.10. The van der Waals surface area contributed by atoms with E-state index in [9.17, 15) is 13.6 Å². The third-order valence-electron chi connectivity index (χ3n) is 4.43. The quantitative estimate of drug-likeness (QED) is 0.672. The van der Waals surface area contributed by atoms with E-state index in [-0.39, 0.29) is 5.56 Å². The van der Waals surface area contributed by atoms with Crippen molar-refractivity contribution < 1.29 is 13.6 Å². The van der Waals surface area contributed by atoms with Crippen molar-refractivity contribution in [3.05, 3.63) is 59.7 Å². The van der Waals surface area contributed by atoms with Crippen molar-refractivity contribution in [1.29, 1.82) is 0 Å². The van der Waals surface area contributed by atoms with Gasteiger partial charge >= 0.3 is 0 Å². The second kappa shape index (κ2) is 6.33. The van der Waals surface area contributed by atoms with Gasteiger partial charge in [0.15, 0.2) is 11.6 Å². The van der Waals surface area contributed by atoms with E-state index in [1.807, 2.05) is 36.2 Å². The predicted molar refractivity (Wildman–Crippen MR) is 95.5 cm³/mol. The molecule has 0 N–H and O–H groups in total. The van der Waals surface area contributed by atoms with Crippen LogP contribution in [-0.2, 0) is 0 Å². The summed E-state index contributed by atoms with van der Waals surface area (Å²) in [5.74, 6) is -1.21. The molecule has 0 unspecified atom stereocenters. The van der Waals surface area contributed by atoms with Crippen LogP contribution in [0.15, 0.2) is 42.5 Å². The maximum atomic E-state index is 14.1. The molecule has 0 spiro atoms. The number of anilines is 2. The summed E-state index contributed by atoms with van der Waals surface area (Å²) in [7, 11) is 1.88. The Morgan fingerprint density at radius 2 is 1.69 bits per heavy atom. The number of hydrogen-bond acceptors (Lipinski definition) is 4. The third kappa shape index (κ3) is 2.75. The van der Waals surface area contributed by atoms with Crippen molar-refractivity contribution in [2.24, 2.45) is 0 Å². The molecule has 0 aliphatic carbocycles. The van der Waals surface area contributed by atoms with E-state index in [1.54, 1.807) is 0 Å². The zero-order chi connectivity index (χ0) is 18.3. The van der Waals surface area contributed by atoms with Gasteiger partial charge in [0, 0.05) is 26.2 Å². The Morgan fingerprint density at radius 3 is 2.38 bits per heavy atom. The topological polar surface area (TPSA) is 49.3 Å². The molecule has 3 aromatic rings. The van der Waals surface area contributed by atoms with Gasteiger partial charge in [-0.05, 0) is 30.7 Å². The van der Waals surface area contributed by atoms with Gasteiger partial charge in [-0.2, -0.15) is 0 Å². The summed E-state index contributed by atoms with van der Waals surface area (Å²) in [5, 5.41) is 0. The molecule has 0 saturated heterocycles. The molecule has 0 fully saturated rings. The van der Waals surface area contributed by atoms with E-state index < -0.39 is 17.5 Å². The number of fused-ring (bicyclic) bond motifs is 2. The van der Waals surface area contributed by atoms with Crippen molar-refractivity contribution in [2.45, 2.75) is 6.42 Å². The van der Waals surface area contributed by atoms with Gasteiger partial charge in [-0.3, -0.25) is 9.69 Å². The molecule has 0 saturated carbocycles. The maximum Gasteiger partial charge on any atom is 0.262 e. The Kier molecular flexibility index (Phi) is 3.99. The number of rotatable bonds is 1. The average molecular weight is 354 g/mol. The van der Waals surface area contributed by atoms with Crippen LogP contribution in [0.1, 0.15) is 16.8 Å². The number of hydrogen-bond donors (Lipinski definition) is 0. The molecular formula is C19H16F2N4O. The van der Waals surface area contributed by atoms with Crippen LogP contribution in [0.3, 0.4) is 0 Å². The van der Waals surface area contributed by atoms with E-state index in [0.29, 0.717) is 42.7 Å². The lowest BCUT2D eigenvalue weighted by molar-refractivity contribution is 0.0982. The largest absolute Gasteiger partial charge is 0.357 e. The number of nitrogens with zero attached hydrogens (tertiary/aromatic N) is 4. The fraction of sp³-hybridized carbons (Fsp3) is 0.211. The van der Waals surface area contributed by atoms with Crippen LogP contribution in [0, 0.1) is 11.6 Å². The summed E-state index contributed by atoms with van der Waals surface area (Å²) in [4.78, 5) is 25.6. The summed E-state index contributed by atoms with van der Waals surface area (Å²) in [5.41, 5.74) is 1.19. The standard InChI is InChI=1S/C19H16F2N4O/c1-24-9-4-10-25(19(26)13-8-7-12(20)11-14(13)21)18-17(24)22-15-5-2-3-6-16(15)23-18/h2-3,5-8,11H,4,9-10H2,1H3. The molecule has 0 atom stereocenters. The molecule has 1 aliphatic heterocycles. The molecule has 1 amide bonds. The number of halogens is 2. The molecular weight excluding hydrogens is 338 g/mol. The van der Waals surface area contributed by atoms with E-state index in [4.69, 9.17) is 0 Å². The normalized spacial score (nSPS) is 14.3. The first-order chi connectivity index (χ1) is 12.5. The van der Waals surface area contributed by atoms with E-state index >= 15 is 0 Å². The van der Waals surface area contributed by atoms with Gasteiger partial charge in [0.2, 0.25) is 0 Å². The lowest BCUT2D eigenvalue weighted by Crippen LogP contribution is -2.33. The Balaban J connectivity index is 1.86. The number of benzene rings is 2. The summed E-state index contributed by atoms with van der Waals surface area (Å²) in [6.45, 7) is 1.07. The molecule has 132 valence electrons. The van der Waals surface area contributed by atoms with Crippen LogP contribution >= 0.6 is 0 Å². The van der Waals surface area contributed by atoms with Gasteiger partial charge in [0.1, 0.15) is 11.6 Å². The zero-order valence-corrected chi connectivity index (χ0v) is 14.1. The van der Waals surface area contributed by atoms with Crippen LogP contribution in [0.4, 0.5) is 20.4 Å². The molecule has 1 aromatic heterocycles. The SMILES string of the molecule is CN1CCCN(C(=O)c2ccc(F)cc2F)c2nc3ccccc3nc21. The van der Waals surface area contributed by atoms with Crippen molar-refractivity contribution in [3.8, 4) is 0 Å². The van der Waals surface area contributed by atoms with Crippen LogP contribution in [-0.4, -0.2) is 36.0 Å². The van der Waals surface area contributed by atoms with Gasteiger partial charge < -0.3 is 4.90 Å². The summed E-state index contributed by atoms with van der Waals surface area (Å²) < 4.78 is 27.3. The first-order valence-electron chi connectivity index (χ1n) is 8.29. The molecule has 2 aromatic carbocycles. The van der Waals surface area contributed by atoms with E-state index in [2.05, 4.69) is 9.97 Å². The molecule has 26 heavy (non-hydrogen) atoms. The van der Waals surface area contributed by atoms with Crippen LogP contribution in [0.2, 0.25) is 0 Å². The zero-order valence-electron chi connectivity index (χ0n) is 14.1. The third-order valence-corrected chi connectivity index (χ3v) is 4.43. The van der Waals surface area contributed by atoms with Gasteiger partial charge in [-0.25, -0.2) is 18.7 Å². The molecule has 0 bridgehead atoms. The van der Waals surface area contributed by atoms with Gasteiger partial charge in [-0.15, -0.1) is 0 Å². The minimum Gasteiger partial charge on any atom is -0.357 e. The van der Waals surface area contributed by atoms with E-state index in [1.165, 1.54) is 4.90 Å². The second-order valence-corrected chi connectivity index (χ2v) is 6.22. The lowest BCUT2D eigenvalue weighted by Gasteiger charge is -2.23. The number of carbonyl (C=O) groups is 1. The van der Waals surface area contributed by atoms with Gasteiger partial charge in [0.25, 0.3) is 5.91 Å². The summed E-state index contributed by atoms with van der Waals surface area (Å²) >= 11 is 0. The molecule has 0 radical (unpaired) electrons. The van der Waals surface area contributed by atoms with Gasteiger partial charge in [0.05, 0.1) is 16.6 Å². The maximum absolute atomic E-state index is 14.1. The van der Waals surface area contributed by atoms with Crippen LogP contribution in [0.25, 0.3) is 11.0 Å². The van der Waals surface area contributed by atoms with Crippen LogP contribution < -0.4 is 9.80 Å². The summed E-state index contributed by atoms with van der Waals surface area (Å²) in [6.07, 6.45) is 0.680. The first-order valence-corrected chi connectivity index (χ1v) is 8.29. The number of aromatic nitrogens is 2.